The van der Waals surface area contributed by atoms with Crippen molar-refractivity contribution in [1.29, 1.82) is 0 Å². The number of aliphatic hydroxyl groups excluding tert-OH is 3. The Hall–Kier alpha value is -2.82. The summed E-state index contributed by atoms with van der Waals surface area (Å²) in [4.78, 5) is 17.8. The first-order valence-electron chi connectivity index (χ1n) is 16.1. The highest BCUT2D eigenvalue weighted by Gasteiger charge is 2.48. The van der Waals surface area contributed by atoms with E-state index in [0.717, 1.165) is 10.9 Å². The average Bonchev–Trinajstić information content (AvgIpc) is 3.61. The van der Waals surface area contributed by atoms with E-state index in [1.807, 2.05) is 35.0 Å². The van der Waals surface area contributed by atoms with Crippen LogP contribution in [-0.2, 0) is 26.1 Å². The van der Waals surface area contributed by atoms with E-state index < -0.39 is 47.0 Å². The molecule has 2 aromatic rings. The van der Waals surface area contributed by atoms with Crippen LogP contribution in [0.1, 0.15) is 56.9 Å². The lowest BCUT2D eigenvalue weighted by molar-refractivity contribution is -0.138. The third kappa shape index (κ3) is 8.62. The summed E-state index contributed by atoms with van der Waals surface area (Å²) in [5.74, 6) is 0.368. The van der Waals surface area contributed by atoms with Gasteiger partial charge in [-0.15, -0.1) is 0 Å². The van der Waals surface area contributed by atoms with Crippen LogP contribution in [0.5, 0.6) is 0 Å². The van der Waals surface area contributed by atoms with Gasteiger partial charge in [-0.3, -0.25) is 9.79 Å². The Bertz CT molecular complexity index is 1560. The van der Waals surface area contributed by atoms with Crippen molar-refractivity contribution < 1.29 is 46.4 Å². The van der Waals surface area contributed by atoms with Crippen LogP contribution in [0, 0.1) is 11.8 Å². The van der Waals surface area contributed by atoms with Crippen LogP contribution in [0.25, 0.3) is 17.0 Å². The Morgan fingerprint density at radius 1 is 1.11 bits per heavy atom. The van der Waals surface area contributed by atoms with E-state index in [-0.39, 0.29) is 63.3 Å². The van der Waals surface area contributed by atoms with E-state index in [4.69, 9.17) is 14.8 Å². The van der Waals surface area contributed by atoms with E-state index >= 15 is 0 Å². The second kappa shape index (κ2) is 14.7. The second-order valence-electron chi connectivity index (χ2n) is 12.8. The van der Waals surface area contributed by atoms with Gasteiger partial charge in [0.15, 0.2) is 0 Å². The summed E-state index contributed by atoms with van der Waals surface area (Å²) < 4.78 is 73.1. The molecule has 4 N–H and O–H groups in total. The van der Waals surface area contributed by atoms with Crippen LogP contribution >= 0.6 is 0 Å². The van der Waals surface area contributed by atoms with Crippen LogP contribution in [0.15, 0.2) is 40.9 Å². The standard InChI is InChI=1S/C32H43F3N4O7S/c33-32(34,35)11-8-22-4-6-24(7-5-22)29-36-30(43)31(37-29)12-15-39(16-13-31)47(44,45)19-10-23-2-1-3-26-25(23)9-14-38(26)17-18-46-21-28(42)27(41)20-40/h1-3,9-10,14,19,22,24,27-28,40-42H,4-8,11-13,15-18,20-21H2,(H,36,37,43)/t22?,24?,27-,28-/m0/s1. The largest absolute Gasteiger partial charge is 0.394 e. The molecule has 15 heteroatoms. The molecule has 3 heterocycles. The van der Waals surface area contributed by atoms with Gasteiger partial charge in [0.25, 0.3) is 5.91 Å². The number of alkyl halides is 3. The van der Waals surface area contributed by atoms with Gasteiger partial charge in [-0.1, -0.05) is 12.1 Å². The molecule has 47 heavy (non-hydrogen) atoms. The normalized spacial score (nSPS) is 23.8. The number of rotatable bonds is 13. The zero-order valence-electron chi connectivity index (χ0n) is 26.1. The maximum Gasteiger partial charge on any atom is 0.389 e. The Labute approximate surface area is 272 Å². The van der Waals surface area contributed by atoms with Crippen molar-refractivity contribution in [3.63, 3.8) is 0 Å². The minimum atomic E-state index is -4.15. The molecule has 1 amide bonds. The number of nitrogens with zero attached hydrogens (tertiary/aromatic N) is 3. The number of halogens is 3. The van der Waals surface area contributed by atoms with Crippen LogP contribution in [0.3, 0.4) is 0 Å². The SMILES string of the molecule is O=C1NC(C2CCC(CCC(F)(F)F)CC2)=NC12CCN(S(=O)(=O)C=Cc1cccc3c1ccn3CCOC[C@H](O)[C@@H](O)CO)CC2. The van der Waals surface area contributed by atoms with Gasteiger partial charge in [-0.25, -0.2) is 8.42 Å². The molecule has 0 bridgehead atoms. The predicted octanol–water partition coefficient (Wildman–Crippen LogP) is 3.18. The van der Waals surface area contributed by atoms with Gasteiger partial charge in [0.1, 0.15) is 23.6 Å². The van der Waals surface area contributed by atoms with E-state index in [2.05, 4.69) is 5.32 Å². The van der Waals surface area contributed by atoms with Crippen LogP contribution in [0.4, 0.5) is 13.2 Å². The molecular weight excluding hydrogens is 641 g/mol. The van der Waals surface area contributed by atoms with Crippen molar-refractivity contribution in [1.82, 2.24) is 14.2 Å². The van der Waals surface area contributed by atoms with Gasteiger partial charge in [0.05, 0.1) is 19.8 Å². The van der Waals surface area contributed by atoms with E-state index in [1.165, 1.54) is 9.71 Å². The van der Waals surface area contributed by atoms with Crippen molar-refractivity contribution in [3.05, 3.63) is 41.4 Å². The minimum absolute atomic E-state index is 0.00551. The topological polar surface area (TPSA) is 154 Å². The summed E-state index contributed by atoms with van der Waals surface area (Å²) >= 11 is 0. The maximum atomic E-state index is 13.3. The number of amidine groups is 1. The van der Waals surface area contributed by atoms with Gasteiger partial charge in [-0.2, -0.15) is 17.5 Å². The lowest BCUT2D eigenvalue weighted by atomic mass is 9.79. The maximum absolute atomic E-state index is 13.3. The fourth-order valence-electron chi connectivity index (χ4n) is 6.71. The molecule has 3 aliphatic rings. The van der Waals surface area contributed by atoms with Gasteiger partial charge in [0.2, 0.25) is 10.0 Å². The molecule has 0 unspecified atom stereocenters. The van der Waals surface area contributed by atoms with Gasteiger partial charge in [-0.05, 0) is 74.6 Å². The quantitative estimate of drug-likeness (QED) is 0.237. The van der Waals surface area contributed by atoms with Crippen molar-refractivity contribution in [2.24, 2.45) is 16.8 Å². The van der Waals surface area contributed by atoms with Gasteiger partial charge in [0, 0.05) is 54.5 Å². The monoisotopic (exact) mass is 684 g/mol. The fourth-order valence-corrected chi connectivity index (χ4v) is 7.89. The lowest BCUT2D eigenvalue weighted by Crippen LogP contribution is -2.50. The molecule has 0 radical (unpaired) electrons. The average molecular weight is 685 g/mol. The lowest BCUT2D eigenvalue weighted by Gasteiger charge is -2.34. The Balaban J connectivity index is 1.15. The first-order valence-corrected chi connectivity index (χ1v) is 17.6. The highest BCUT2D eigenvalue weighted by atomic mass is 32.2. The van der Waals surface area contributed by atoms with Crippen LogP contribution in [0.2, 0.25) is 0 Å². The zero-order chi connectivity index (χ0) is 33.8. The molecule has 1 spiro atoms. The Morgan fingerprint density at radius 2 is 1.83 bits per heavy atom. The molecule has 1 aromatic carbocycles. The van der Waals surface area contributed by atoms with E-state index in [1.54, 1.807) is 6.08 Å². The zero-order valence-corrected chi connectivity index (χ0v) is 26.9. The van der Waals surface area contributed by atoms with Crippen LogP contribution in [-0.4, -0.2) is 101 Å². The number of aromatic nitrogens is 1. The molecule has 2 aliphatic heterocycles. The number of amides is 1. The molecule has 2 atom stereocenters. The third-order valence-electron chi connectivity index (χ3n) is 9.64. The number of carbonyl (C=O) groups is 1. The molecule has 11 nitrogen and oxygen atoms in total. The van der Waals surface area contributed by atoms with Crippen molar-refractivity contribution in [3.8, 4) is 0 Å². The van der Waals surface area contributed by atoms with Crippen molar-refractivity contribution >= 4 is 38.7 Å². The number of fused-ring (bicyclic) bond motifs is 1. The fraction of sp³-hybridized carbons (Fsp3) is 0.625. The first kappa shape index (κ1) is 35.5. The second-order valence-corrected chi connectivity index (χ2v) is 14.6. The molecule has 1 aromatic heterocycles. The number of nitrogens with one attached hydrogen (secondary N) is 1. The number of ether oxygens (including phenoxy) is 1. The van der Waals surface area contributed by atoms with E-state index in [9.17, 15) is 36.6 Å². The number of piperidine rings is 1. The van der Waals surface area contributed by atoms with Gasteiger partial charge >= 0.3 is 6.18 Å². The number of benzene rings is 1. The molecule has 1 saturated heterocycles. The molecule has 260 valence electrons. The first-order chi connectivity index (χ1) is 22.3. The number of aliphatic hydroxyl groups is 3. The molecule has 1 aliphatic carbocycles. The number of hydrogen-bond acceptors (Lipinski definition) is 8. The Kier molecular flexibility index (Phi) is 11.1. The predicted molar refractivity (Wildman–Crippen MR) is 170 cm³/mol. The molecule has 5 rings (SSSR count). The van der Waals surface area contributed by atoms with Crippen molar-refractivity contribution in [2.75, 3.05) is 32.9 Å². The van der Waals surface area contributed by atoms with Crippen molar-refractivity contribution in [2.45, 2.75) is 81.8 Å². The summed E-state index contributed by atoms with van der Waals surface area (Å²) in [5, 5.41) is 33.0. The summed E-state index contributed by atoms with van der Waals surface area (Å²) in [6.07, 6.45) is -0.686. The summed E-state index contributed by atoms with van der Waals surface area (Å²) in [6.45, 7) is 0.277. The smallest absolute Gasteiger partial charge is 0.389 e. The summed E-state index contributed by atoms with van der Waals surface area (Å²) in [5.41, 5.74) is 0.547. The Morgan fingerprint density at radius 3 is 2.51 bits per heavy atom. The number of carbonyl (C=O) groups excluding carboxylic acids is 1. The van der Waals surface area contributed by atoms with Crippen LogP contribution < -0.4 is 5.32 Å². The minimum Gasteiger partial charge on any atom is -0.394 e. The summed E-state index contributed by atoms with van der Waals surface area (Å²) in [7, 11) is -3.79. The number of aliphatic imine (C=N–C) groups is 1. The number of hydrogen-bond donors (Lipinski definition) is 4. The molecular formula is C32H43F3N4O7S. The third-order valence-corrected chi connectivity index (χ3v) is 11.2. The number of sulfonamides is 1. The highest BCUT2D eigenvalue weighted by Crippen LogP contribution is 2.38. The highest BCUT2D eigenvalue weighted by molar-refractivity contribution is 7.92. The summed E-state index contributed by atoms with van der Waals surface area (Å²) in [6, 6.07) is 7.41. The van der Waals surface area contributed by atoms with Gasteiger partial charge < -0.3 is 29.9 Å². The molecule has 1 saturated carbocycles. The van der Waals surface area contributed by atoms with E-state index in [0.29, 0.717) is 43.6 Å². The molecule has 2 fully saturated rings.